The van der Waals surface area contributed by atoms with Crippen molar-refractivity contribution in [2.24, 2.45) is 5.92 Å². The van der Waals surface area contributed by atoms with Gasteiger partial charge in [-0.1, -0.05) is 41.0 Å². The quantitative estimate of drug-likeness (QED) is 0.646. The van der Waals surface area contributed by atoms with Crippen molar-refractivity contribution in [2.45, 2.75) is 32.0 Å². The van der Waals surface area contributed by atoms with Gasteiger partial charge in [-0.15, -0.1) is 5.10 Å². The lowest BCUT2D eigenvalue weighted by Gasteiger charge is -2.09. The summed E-state index contributed by atoms with van der Waals surface area (Å²) in [6.45, 7) is 4.79. The van der Waals surface area contributed by atoms with Gasteiger partial charge in [-0.25, -0.2) is 9.89 Å². The van der Waals surface area contributed by atoms with Crippen molar-refractivity contribution in [3.8, 4) is 0 Å². The van der Waals surface area contributed by atoms with Gasteiger partial charge in [-0.2, -0.15) is 0 Å². The van der Waals surface area contributed by atoms with Crippen LogP contribution in [0.15, 0.2) is 9.95 Å². The second-order valence-electron chi connectivity index (χ2n) is 3.30. The molecule has 0 bridgehead atoms. The number of alkyl halides is 1. The smallest absolute Gasteiger partial charge is 0.270 e. The van der Waals surface area contributed by atoms with Crippen LogP contribution in [0.4, 0.5) is 0 Å². The molecule has 0 aliphatic heterocycles. The second kappa shape index (κ2) is 6.37. The van der Waals surface area contributed by atoms with Gasteiger partial charge in [0.2, 0.25) is 0 Å². The molecule has 1 rings (SSSR count). The first-order valence-corrected chi connectivity index (χ1v) is 7.17. The maximum Gasteiger partial charge on any atom is 0.343 e. The number of H-pyrrole nitrogens is 1. The number of hydrogen-bond acceptors (Lipinski definition) is 3. The summed E-state index contributed by atoms with van der Waals surface area (Å²) in [6, 6.07) is 0. The first-order chi connectivity index (χ1) is 7.22. The highest BCUT2D eigenvalue weighted by atomic mass is 79.9. The van der Waals surface area contributed by atoms with E-state index in [1.165, 1.54) is 0 Å². The van der Waals surface area contributed by atoms with Gasteiger partial charge in [0.15, 0.2) is 5.16 Å². The van der Waals surface area contributed by atoms with Crippen LogP contribution in [0, 0.1) is 5.92 Å². The average Bonchev–Trinajstić information content (AvgIpc) is 2.61. The van der Waals surface area contributed by atoms with Crippen molar-refractivity contribution in [2.75, 3.05) is 11.1 Å². The van der Waals surface area contributed by atoms with Crippen LogP contribution in [0.1, 0.15) is 20.3 Å². The van der Waals surface area contributed by atoms with Gasteiger partial charge in [0, 0.05) is 17.6 Å². The van der Waals surface area contributed by atoms with Gasteiger partial charge in [0.05, 0.1) is 0 Å². The standard InChI is InChI=1S/C9H16BrN3OS/c1-3-7(5-10)6-15-9-12-11-8(14)13(9)4-2/h7H,3-6H2,1-2H3,(H,11,14). The number of aromatic amines is 1. The fraction of sp³-hybridized carbons (Fsp3) is 0.778. The highest BCUT2D eigenvalue weighted by Crippen LogP contribution is 2.20. The molecule has 1 unspecified atom stereocenters. The number of halogens is 1. The van der Waals surface area contributed by atoms with Gasteiger partial charge >= 0.3 is 5.69 Å². The fourth-order valence-electron chi connectivity index (χ4n) is 1.16. The van der Waals surface area contributed by atoms with Crippen LogP contribution in [0.25, 0.3) is 0 Å². The summed E-state index contributed by atoms with van der Waals surface area (Å²) in [7, 11) is 0. The minimum Gasteiger partial charge on any atom is -0.270 e. The van der Waals surface area contributed by atoms with E-state index in [1.807, 2.05) is 6.92 Å². The van der Waals surface area contributed by atoms with E-state index in [0.717, 1.165) is 22.7 Å². The largest absolute Gasteiger partial charge is 0.343 e. The van der Waals surface area contributed by atoms with Crippen LogP contribution in [0.2, 0.25) is 0 Å². The number of hydrogen-bond donors (Lipinski definition) is 1. The summed E-state index contributed by atoms with van der Waals surface area (Å²) in [5.41, 5.74) is -0.119. The number of aromatic nitrogens is 3. The molecule has 86 valence electrons. The molecule has 0 fully saturated rings. The van der Waals surface area contributed by atoms with E-state index < -0.39 is 0 Å². The van der Waals surface area contributed by atoms with Crippen LogP contribution in [0.5, 0.6) is 0 Å². The van der Waals surface area contributed by atoms with Gasteiger partial charge in [0.1, 0.15) is 0 Å². The van der Waals surface area contributed by atoms with Crippen LogP contribution >= 0.6 is 27.7 Å². The minimum absolute atomic E-state index is 0.119. The number of nitrogens with zero attached hydrogens (tertiary/aromatic N) is 2. The van der Waals surface area contributed by atoms with Gasteiger partial charge in [-0.05, 0) is 12.8 Å². The Morgan fingerprint density at radius 3 is 2.87 bits per heavy atom. The molecule has 1 N–H and O–H groups in total. The molecule has 0 aliphatic rings. The molecule has 0 amide bonds. The molecule has 0 aromatic carbocycles. The van der Waals surface area contributed by atoms with E-state index in [9.17, 15) is 4.79 Å². The topological polar surface area (TPSA) is 50.7 Å². The number of thioether (sulfide) groups is 1. The maximum atomic E-state index is 11.3. The van der Waals surface area contributed by atoms with Crippen molar-refractivity contribution < 1.29 is 0 Å². The van der Waals surface area contributed by atoms with E-state index in [-0.39, 0.29) is 5.69 Å². The summed E-state index contributed by atoms with van der Waals surface area (Å²) < 4.78 is 1.66. The first kappa shape index (κ1) is 12.8. The molecule has 1 aromatic heterocycles. The maximum absolute atomic E-state index is 11.3. The summed E-state index contributed by atoms with van der Waals surface area (Å²) in [5, 5.41) is 8.26. The Hall–Kier alpha value is -0.230. The average molecular weight is 294 g/mol. The number of nitrogens with one attached hydrogen (secondary N) is 1. The molecule has 0 aliphatic carbocycles. The zero-order valence-corrected chi connectivity index (χ0v) is 11.4. The molecule has 1 aromatic rings. The lowest BCUT2D eigenvalue weighted by molar-refractivity contribution is 0.639. The highest BCUT2D eigenvalue weighted by molar-refractivity contribution is 9.09. The third kappa shape index (κ3) is 3.38. The molecule has 1 atom stereocenters. The molecule has 0 spiro atoms. The summed E-state index contributed by atoms with van der Waals surface area (Å²) in [4.78, 5) is 11.3. The van der Waals surface area contributed by atoms with E-state index >= 15 is 0 Å². The Labute approximate surface area is 102 Å². The number of rotatable bonds is 6. The monoisotopic (exact) mass is 293 g/mol. The Bertz CT molecular complexity index is 345. The van der Waals surface area contributed by atoms with Gasteiger partial charge in [0.25, 0.3) is 0 Å². The van der Waals surface area contributed by atoms with Crippen LogP contribution in [-0.2, 0) is 6.54 Å². The zero-order chi connectivity index (χ0) is 11.3. The lowest BCUT2D eigenvalue weighted by atomic mass is 10.2. The Kier molecular flexibility index (Phi) is 5.45. The SMILES string of the molecule is CCC(CBr)CSc1n[nH]c(=O)n1CC. The van der Waals surface area contributed by atoms with Crippen molar-refractivity contribution >= 4 is 27.7 Å². The highest BCUT2D eigenvalue weighted by Gasteiger charge is 2.10. The predicted molar refractivity (Wildman–Crippen MR) is 66.8 cm³/mol. The van der Waals surface area contributed by atoms with Crippen LogP contribution in [-0.4, -0.2) is 25.8 Å². The van der Waals surface area contributed by atoms with Crippen LogP contribution < -0.4 is 5.69 Å². The third-order valence-corrected chi connectivity index (χ3v) is 4.41. The molecule has 0 saturated carbocycles. The zero-order valence-electron chi connectivity index (χ0n) is 8.99. The Balaban J connectivity index is 2.60. The molecule has 0 radical (unpaired) electrons. The molecule has 15 heavy (non-hydrogen) atoms. The molecular weight excluding hydrogens is 278 g/mol. The van der Waals surface area contributed by atoms with Gasteiger partial charge < -0.3 is 0 Å². The second-order valence-corrected chi connectivity index (χ2v) is 4.93. The van der Waals surface area contributed by atoms with E-state index in [0.29, 0.717) is 12.5 Å². The predicted octanol–water partition coefficient (Wildman–Crippen LogP) is 2.10. The van der Waals surface area contributed by atoms with Crippen molar-refractivity contribution in [1.29, 1.82) is 0 Å². The molecular formula is C9H16BrN3OS. The summed E-state index contributed by atoms with van der Waals surface area (Å²) >= 11 is 5.12. The molecule has 0 saturated heterocycles. The Morgan fingerprint density at radius 2 is 2.33 bits per heavy atom. The van der Waals surface area contributed by atoms with Gasteiger partial charge in [-0.3, -0.25) is 4.57 Å². The normalized spacial score (nSPS) is 13.0. The van der Waals surface area contributed by atoms with Crippen molar-refractivity contribution in [1.82, 2.24) is 14.8 Å². The fourth-order valence-corrected chi connectivity index (χ4v) is 3.36. The summed E-state index contributed by atoms with van der Waals surface area (Å²) in [6.07, 6.45) is 1.14. The van der Waals surface area contributed by atoms with Crippen LogP contribution in [0.3, 0.4) is 0 Å². The first-order valence-electron chi connectivity index (χ1n) is 5.06. The molecule has 6 heteroatoms. The van der Waals surface area contributed by atoms with Crippen molar-refractivity contribution in [3.05, 3.63) is 10.5 Å². The van der Waals surface area contributed by atoms with E-state index in [2.05, 4.69) is 33.1 Å². The van der Waals surface area contributed by atoms with Crippen molar-refractivity contribution in [3.63, 3.8) is 0 Å². The summed E-state index contributed by atoms with van der Waals surface area (Å²) in [5.74, 6) is 1.62. The third-order valence-electron chi connectivity index (χ3n) is 2.28. The molecule has 1 heterocycles. The van der Waals surface area contributed by atoms with E-state index in [4.69, 9.17) is 0 Å². The minimum atomic E-state index is -0.119. The lowest BCUT2D eigenvalue weighted by Crippen LogP contribution is -2.16. The Morgan fingerprint density at radius 1 is 1.60 bits per heavy atom. The molecule has 4 nitrogen and oxygen atoms in total. The van der Waals surface area contributed by atoms with E-state index in [1.54, 1.807) is 16.3 Å².